The summed E-state index contributed by atoms with van der Waals surface area (Å²) >= 11 is 0. The molecule has 0 fully saturated rings. The fourth-order valence-corrected chi connectivity index (χ4v) is 3.34. The molecule has 0 aliphatic heterocycles. The summed E-state index contributed by atoms with van der Waals surface area (Å²) in [4.78, 5) is 11.0. The lowest BCUT2D eigenvalue weighted by Crippen LogP contribution is -2.34. The standard InChI is InChI=1S/C18H17F2NO2/c1-18(2)9-11-7-10(14-8-12(19)4-6-15(14)20)3-5-13(11)16(18)21-17(22)23/h3-8,16,21H,9H2,1-2H3,(H,22,23). The van der Waals surface area contributed by atoms with E-state index in [0.717, 1.165) is 23.3 Å². The lowest BCUT2D eigenvalue weighted by Gasteiger charge is -2.27. The van der Waals surface area contributed by atoms with Crippen molar-refractivity contribution in [2.75, 3.05) is 0 Å². The van der Waals surface area contributed by atoms with Crippen LogP contribution in [0.1, 0.15) is 31.0 Å². The van der Waals surface area contributed by atoms with E-state index < -0.39 is 17.7 Å². The first-order valence-corrected chi connectivity index (χ1v) is 7.35. The third-order valence-corrected chi connectivity index (χ3v) is 4.39. The van der Waals surface area contributed by atoms with E-state index >= 15 is 0 Å². The van der Waals surface area contributed by atoms with Gasteiger partial charge in [-0.05, 0) is 46.7 Å². The Kier molecular flexibility index (Phi) is 3.59. The Bertz CT molecular complexity index is 787. The predicted octanol–water partition coefficient (Wildman–Crippen LogP) is 4.52. The zero-order valence-electron chi connectivity index (χ0n) is 12.9. The molecular formula is C18H17F2NO2. The van der Waals surface area contributed by atoms with Crippen LogP contribution in [0.3, 0.4) is 0 Å². The highest BCUT2D eigenvalue weighted by Gasteiger charge is 2.40. The molecule has 1 amide bonds. The van der Waals surface area contributed by atoms with Gasteiger partial charge in [0.15, 0.2) is 0 Å². The predicted molar refractivity (Wildman–Crippen MR) is 83.2 cm³/mol. The lowest BCUT2D eigenvalue weighted by atomic mass is 9.85. The van der Waals surface area contributed by atoms with Crippen LogP contribution < -0.4 is 5.32 Å². The van der Waals surface area contributed by atoms with E-state index in [0.29, 0.717) is 12.0 Å². The van der Waals surface area contributed by atoms with Crippen molar-refractivity contribution in [2.24, 2.45) is 5.41 Å². The third-order valence-electron chi connectivity index (χ3n) is 4.39. The average molecular weight is 317 g/mol. The molecule has 0 radical (unpaired) electrons. The molecule has 5 heteroatoms. The summed E-state index contributed by atoms with van der Waals surface area (Å²) < 4.78 is 27.3. The maximum Gasteiger partial charge on any atom is 0.405 e. The van der Waals surface area contributed by atoms with Gasteiger partial charge >= 0.3 is 6.09 Å². The molecule has 0 heterocycles. The Morgan fingerprint density at radius 2 is 1.96 bits per heavy atom. The van der Waals surface area contributed by atoms with Crippen LogP contribution in [0.25, 0.3) is 11.1 Å². The van der Waals surface area contributed by atoms with Crippen LogP contribution in [0.5, 0.6) is 0 Å². The lowest BCUT2D eigenvalue weighted by molar-refractivity contribution is 0.175. The molecule has 0 bridgehead atoms. The zero-order valence-corrected chi connectivity index (χ0v) is 12.9. The average Bonchev–Trinajstić information content (AvgIpc) is 2.71. The Morgan fingerprint density at radius 1 is 1.22 bits per heavy atom. The van der Waals surface area contributed by atoms with E-state index in [1.807, 2.05) is 19.9 Å². The van der Waals surface area contributed by atoms with Crippen LogP contribution in [-0.2, 0) is 6.42 Å². The van der Waals surface area contributed by atoms with Crippen LogP contribution in [0.4, 0.5) is 13.6 Å². The Labute approximate surface area is 133 Å². The molecule has 2 N–H and O–H groups in total. The maximum atomic E-state index is 14.0. The third kappa shape index (κ3) is 2.79. The molecule has 0 aromatic heterocycles. The van der Waals surface area contributed by atoms with Crippen LogP contribution in [0.15, 0.2) is 36.4 Å². The Balaban J connectivity index is 2.05. The van der Waals surface area contributed by atoms with Crippen molar-refractivity contribution in [1.82, 2.24) is 5.32 Å². The van der Waals surface area contributed by atoms with Crippen molar-refractivity contribution >= 4 is 6.09 Å². The molecule has 1 aliphatic carbocycles. The minimum absolute atomic E-state index is 0.209. The fourth-order valence-electron chi connectivity index (χ4n) is 3.34. The number of rotatable bonds is 2. The van der Waals surface area contributed by atoms with Crippen molar-refractivity contribution < 1.29 is 18.7 Å². The van der Waals surface area contributed by atoms with Crippen LogP contribution in [0, 0.1) is 17.0 Å². The zero-order chi connectivity index (χ0) is 16.8. The summed E-state index contributed by atoms with van der Waals surface area (Å²) in [5.41, 5.74) is 2.36. The van der Waals surface area contributed by atoms with E-state index in [4.69, 9.17) is 5.11 Å². The maximum absolute atomic E-state index is 14.0. The van der Waals surface area contributed by atoms with Gasteiger partial charge in [-0.3, -0.25) is 0 Å². The Hall–Kier alpha value is -2.43. The molecule has 1 unspecified atom stereocenters. The molecule has 23 heavy (non-hydrogen) atoms. The second-order valence-corrected chi connectivity index (χ2v) is 6.59. The van der Waals surface area contributed by atoms with Crippen molar-refractivity contribution in [3.63, 3.8) is 0 Å². The molecular weight excluding hydrogens is 300 g/mol. The van der Waals surface area contributed by atoms with Crippen molar-refractivity contribution in [1.29, 1.82) is 0 Å². The summed E-state index contributed by atoms with van der Waals surface area (Å²) in [5, 5.41) is 11.6. The van der Waals surface area contributed by atoms with E-state index in [-0.39, 0.29) is 17.0 Å². The highest BCUT2D eigenvalue weighted by Crippen LogP contribution is 2.46. The Morgan fingerprint density at radius 3 is 2.65 bits per heavy atom. The molecule has 3 nitrogen and oxygen atoms in total. The number of carbonyl (C=O) groups is 1. The van der Waals surface area contributed by atoms with Crippen molar-refractivity contribution in [3.8, 4) is 11.1 Å². The largest absolute Gasteiger partial charge is 0.465 e. The number of halogens is 2. The second kappa shape index (κ2) is 5.33. The van der Waals surface area contributed by atoms with Gasteiger partial charge in [-0.1, -0.05) is 32.0 Å². The number of benzene rings is 2. The highest BCUT2D eigenvalue weighted by atomic mass is 19.1. The number of nitrogens with one attached hydrogen (secondary N) is 1. The van der Waals surface area contributed by atoms with Crippen LogP contribution in [0.2, 0.25) is 0 Å². The fraction of sp³-hybridized carbons (Fsp3) is 0.278. The molecule has 0 saturated carbocycles. The molecule has 2 aromatic rings. The quantitative estimate of drug-likeness (QED) is 0.855. The second-order valence-electron chi connectivity index (χ2n) is 6.59. The number of amides is 1. The SMILES string of the molecule is CC1(C)Cc2cc(-c3cc(F)ccc3F)ccc2C1NC(=O)O. The smallest absolute Gasteiger partial charge is 0.405 e. The molecule has 1 atom stereocenters. The monoisotopic (exact) mass is 317 g/mol. The normalized spacial score (nSPS) is 18.5. The molecule has 0 spiro atoms. The van der Waals surface area contributed by atoms with Crippen molar-refractivity contribution in [3.05, 3.63) is 59.2 Å². The number of hydrogen-bond acceptors (Lipinski definition) is 1. The summed E-state index contributed by atoms with van der Waals surface area (Å²) in [7, 11) is 0. The number of fused-ring (bicyclic) bond motifs is 1. The molecule has 120 valence electrons. The summed E-state index contributed by atoms with van der Waals surface area (Å²) in [6, 6.07) is 8.36. The van der Waals surface area contributed by atoms with Gasteiger partial charge in [0, 0.05) is 5.56 Å². The van der Waals surface area contributed by atoms with Gasteiger partial charge in [-0.2, -0.15) is 0 Å². The van der Waals surface area contributed by atoms with Gasteiger partial charge in [0.2, 0.25) is 0 Å². The molecule has 0 saturated heterocycles. The van der Waals surface area contributed by atoms with Gasteiger partial charge in [-0.15, -0.1) is 0 Å². The summed E-state index contributed by atoms with van der Waals surface area (Å²) in [6.07, 6.45) is -0.408. The minimum atomic E-state index is -1.07. The van der Waals surface area contributed by atoms with Crippen LogP contribution >= 0.6 is 0 Å². The summed E-state index contributed by atoms with van der Waals surface area (Å²) in [6.45, 7) is 3.96. The van der Waals surface area contributed by atoms with Crippen molar-refractivity contribution in [2.45, 2.75) is 26.3 Å². The van der Waals surface area contributed by atoms with E-state index in [9.17, 15) is 13.6 Å². The van der Waals surface area contributed by atoms with Crippen LogP contribution in [-0.4, -0.2) is 11.2 Å². The van der Waals surface area contributed by atoms with E-state index in [2.05, 4.69) is 5.32 Å². The van der Waals surface area contributed by atoms with E-state index in [1.165, 1.54) is 6.07 Å². The number of carboxylic acid groups (broad SMARTS) is 1. The first-order valence-electron chi connectivity index (χ1n) is 7.35. The topological polar surface area (TPSA) is 49.3 Å². The van der Waals surface area contributed by atoms with Gasteiger partial charge in [0.1, 0.15) is 11.6 Å². The molecule has 3 rings (SSSR count). The minimum Gasteiger partial charge on any atom is -0.465 e. The summed E-state index contributed by atoms with van der Waals surface area (Å²) in [5.74, 6) is -0.975. The van der Waals surface area contributed by atoms with Gasteiger partial charge in [0.25, 0.3) is 0 Å². The first kappa shape index (κ1) is 15.5. The van der Waals surface area contributed by atoms with Gasteiger partial charge in [0.05, 0.1) is 6.04 Å². The first-order chi connectivity index (χ1) is 10.8. The highest BCUT2D eigenvalue weighted by molar-refractivity contribution is 5.69. The molecule has 2 aromatic carbocycles. The van der Waals surface area contributed by atoms with E-state index in [1.54, 1.807) is 12.1 Å². The van der Waals surface area contributed by atoms with Gasteiger partial charge in [-0.25, -0.2) is 13.6 Å². The van der Waals surface area contributed by atoms with Gasteiger partial charge < -0.3 is 10.4 Å². The number of hydrogen-bond donors (Lipinski definition) is 2. The molecule has 1 aliphatic rings.